The Morgan fingerprint density at radius 2 is 1.27 bits per heavy atom. The predicted molar refractivity (Wildman–Crippen MR) is 62.1 cm³/mol. The lowest BCUT2D eigenvalue weighted by Crippen LogP contribution is -2.33. The lowest BCUT2D eigenvalue weighted by Gasteiger charge is -2.13. The highest BCUT2D eigenvalue weighted by atomic mass is 16.4. The summed E-state index contributed by atoms with van der Waals surface area (Å²) in [5.74, 6) is 0. The third kappa shape index (κ3) is 7.85. The Morgan fingerprint density at radius 1 is 0.800 bits per heavy atom. The van der Waals surface area contributed by atoms with Gasteiger partial charge in [-0.25, -0.2) is 0 Å². The summed E-state index contributed by atoms with van der Waals surface area (Å²) >= 11 is 0. The van der Waals surface area contributed by atoms with Gasteiger partial charge in [-0.2, -0.15) is 0 Å². The molecule has 0 heterocycles. The maximum absolute atomic E-state index is 8.86. The molecule has 4 N–H and O–H groups in total. The lowest BCUT2D eigenvalue weighted by molar-refractivity contribution is 0.351. The third-order valence-electron chi connectivity index (χ3n) is 2.66. The summed E-state index contributed by atoms with van der Waals surface area (Å²) in [6, 6.07) is 0. The van der Waals surface area contributed by atoms with Gasteiger partial charge in [0.05, 0.1) is 0 Å². The van der Waals surface area contributed by atoms with Crippen LogP contribution in [0.5, 0.6) is 0 Å². The molecule has 0 spiro atoms. The molecular formula is C9H22B2O4. The summed E-state index contributed by atoms with van der Waals surface area (Å²) in [7, 11) is -3.28. The van der Waals surface area contributed by atoms with Crippen molar-refractivity contribution < 1.29 is 20.1 Å². The van der Waals surface area contributed by atoms with Crippen LogP contribution in [0.15, 0.2) is 0 Å². The van der Waals surface area contributed by atoms with Gasteiger partial charge in [-0.3, -0.25) is 0 Å². The molecule has 0 saturated heterocycles. The summed E-state index contributed by atoms with van der Waals surface area (Å²) in [6.07, 6.45) is 7.02. The zero-order chi connectivity index (χ0) is 11.7. The molecule has 4 nitrogen and oxygen atoms in total. The van der Waals surface area contributed by atoms with E-state index in [1.807, 2.05) is 0 Å². The predicted octanol–water partition coefficient (Wildman–Crippen LogP) is 0.592. The van der Waals surface area contributed by atoms with E-state index >= 15 is 0 Å². The monoisotopic (exact) mass is 216 g/mol. The van der Waals surface area contributed by atoms with Crippen LogP contribution in [0.3, 0.4) is 0 Å². The molecule has 0 amide bonds. The van der Waals surface area contributed by atoms with Gasteiger partial charge >= 0.3 is 14.2 Å². The van der Waals surface area contributed by atoms with Gasteiger partial charge in [0, 0.05) is 5.72 Å². The zero-order valence-corrected chi connectivity index (χ0v) is 9.47. The second-order valence-electron chi connectivity index (χ2n) is 4.05. The first kappa shape index (κ1) is 15.0. The van der Waals surface area contributed by atoms with Gasteiger partial charge in [0.2, 0.25) is 0 Å². The second-order valence-corrected chi connectivity index (χ2v) is 4.05. The third-order valence-corrected chi connectivity index (χ3v) is 2.66. The van der Waals surface area contributed by atoms with Crippen LogP contribution in [0.25, 0.3) is 0 Å². The van der Waals surface area contributed by atoms with Gasteiger partial charge in [0.15, 0.2) is 0 Å². The highest BCUT2D eigenvalue weighted by Gasteiger charge is 2.33. The summed E-state index contributed by atoms with van der Waals surface area (Å²) in [6.45, 7) is 2.15. The minimum atomic E-state index is -1.64. The van der Waals surface area contributed by atoms with Crippen molar-refractivity contribution in [1.29, 1.82) is 0 Å². The first-order valence-corrected chi connectivity index (χ1v) is 5.81. The van der Waals surface area contributed by atoms with E-state index in [9.17, 15) is 0 Å². The van der Waals surface area contributed by atoms with E-state index in [2.05, 4.69) is 6.92 Å². The first-order chi connectivity index (χ1) is 7.09. The summed E-state index contributed by atoms with van der Waals surface area (Å²) in [5, 5.41) is 35.4. The van der Waals surface area contributed by atoms with Crippen LogP contribution in [0, 0.1) is 0 Å². The molecule has 0 aliphatic heterocycles. The van der Waals surface area contributed by atoms with Crippen LogP contribution >= 0.6 is 0 Å². The molecule has 88 valence electrons. The van der Waals surface area contributed by atoms with Crippen LogP contribution in [0.4, 0.5) is 0 Å². The van der Waals surface area contributed by atoms with Crippen LogP contribution in [-0.4, -0.2) is 34.3 Å². The number of hydrogen-bond donors (Lipinski definition) is 4. The van der Waals surface area contributed by atoms with Crippen molar-refractivity contribution in [2.45, 2.75) is 57.6 Å². The molecule has 0 aromatic rings. The Bertz CT molecular complexity index is 136. The first-order valence-electron chi connectivity index (χ1n) is 5.81. The van der Waals surface area contributed by atoms with Crippen molar-refractivity contribution in [3.05, 3.63) is 0 Å². The highest BCUT2D eigenvalue weighted by molar-refractivity contribution is 6.64. The fourth-order valence-corrected chi connectivity index (χ4v) is 1.61. The SMILES string of the molecule is CCCCCCCCC(B(O)O)B(O)O. The Balaban J connectivity index is 3.46. The van der Waals surface area contributed by atoms with Crippen molar-refractivity contribution >= 4 is 14.2 Å². The van der Waals surface area contributed by atoms with E-state index in [1.165, 1.54) is 19.3 Å². The van der Waals surface area contributed by atoms with E-state index in [-0.39, 0.29) is 0 Å². The fourth-order valence-electron chi connectivity index (χ4n) is 1.61. The van der Waals surface area contributed by atoms with E-state index in [1.54, 1.807) is 0 Å². The second kappa shape index (κ2) is 9.21. The van der Waals surface area contributed by atoms with Gasteiger partial charge < -0.3 is 20.1 Å². The van der Waals surface area contributed by atoms with E-state index in [0.717, 1.165) is 19.3 Å². The van der Waals surface area contributed by atoms with Gasteiger partial charge in [-0.15, -0.1) is 0 Å². The summed E-state index contributed by atoms with van der Waals surface area (Å²) in [4.78, 5) is 0. The summed E-state index contributed by atoms with van der Waals surface area (Å²) in [5.41, 5.74) is -0.837. The van der Waals surface area contributed by atoms with Crippen molar-refractivity contribution in [1.82, 2.24) is 0 Å². The maximum atomic E-state index is 8.86. The molecule has 0 fully saturated rings. The molecule has 0 unspecified atom stereocenters. The molecule has 15 heavy (non-hydrogen) atoms. The average Bonchev–Trinajstić information content (AvgIpc) is 2.15. The van der Waals surface area contributed by atoms with E-state index in [0.29, 0.717) is 6.42 Å². The topological polar surface area (TPSA) is 80.9 Å². The minimum absolute atomic E-state index is 0.446. The molecule has 0 aromatic carbocycles. The van der Waals surface area contributed by atoms with Gasteiger partial charge in [0.25, 0.3) is 0 Å². The molecule has 0 aromatic heterocycles. The average molecular weight is 216 g/mol. The van der Waals surface area contributed by atoms with Gasteiger partial charge in [-0.05, 0) is 0 Å². The van der Waals surface area contributed by atoms with Crippen molar-refractivity contribution in [3.63, 3.8) is 0 Å². The molecule has 0 atom stereocenters. The Morgan fingerprint density at radius 3 is 1.73 bits per heavy atom. The lowest BCUT2D eigenvalue weighted by atomic mass is 9.51. The quantitative estimate of drug-likeness (QED) is 0.336. The molecule has 0 radical (unpaired) electrons. The van der Waals surface area contributed by atoms with Gasteiger partial charge in [0.1, 0.15) is 0 Å². The molecule has 0 rings (SSSR count). The fraction of sp³-hybridized carbons (Fsp3) is 1.00. The standard InChI is InChI=1S/C9H22B2O4/c1-2-3-4-5-6-7-8-9(10(12)13)11(14)15/h9,12-15H,2-8H2,1H3. The van der Waals surface area contributed by atoms with Crippen LogP contribution in [-0.2, 0) is 0 Å². The molecule has 6 heteroatoms. The van der Waals surface area contributed by atoms with Crippen LogP contribution in [0.2, 0.25) is 5.72 Å². The largest absolute Gasteiger partial charge is 0.452 e. The normalized spacial score (nSPS) is 10.8. The molecular weight excluding hydrogens is 194 g/mol. The van der Waals surface area contributed by atoms with Crippen molar-refractivity contribution in [3.8, 4) is 0 Å². The van der Waals surface area contributed by atoms with Crippen LogP contribution < -0.4 is 0 Å². The number of unbranched alkanes of at least 4 members (excludes halogenated alkanes) is 5. The Hall–Kier alpha value is -0.0301. The van der Waals surface area contributed by atoms with Crippen LogP contribution in [0.1, 0.15) is 51.9 Å². The molecule has 0 saturated carbocycles. The van der Waals surface area contributed by atoms with E-state index in [4.69, 9.17) is 20.1 Å². The summed E-state index contributed by atoms with van der Waals surface area (Å²) < 4.78 is 0. The minimum Gasteiger partial charge on any atom is -0.427 e. The number of hydrogen-bond acceptors (Lipinski definition) is 4. The molecule has 0 bridgehead atoms. The van der Waals surface area contributed by atoms with Crippen molar-refractivity contribution in [2.24, 2.45) is 0 Å². The van der Waals surface area contributed by atoms with E-state index < -0.39 is 20.0 Å². The molecule has 0 aliphatic rings. The van der Waals surface area contributed by atoms with Gasteiger partial charge in [-0.1, -0.05) is 51.9 Å². The number of rotatable bonds is 9. The Kier molecular flexibility index (Phi) is 9.20. The maximum Gasteiger partial charge on any atom is 0.452 e. The smallest absolute Gasteiger partial charge is 0.427 e. The highest BCUT2D eigenvalue weighted by Crippen LogP contribution is 2.19. The zero-order valence-electron chi connectivity index (χ0n) is 9.47. The molecule has 0 aliphatic carbocycles. The Labute approximate surface area is 92.6 Å². The van der Waals surface area contributed by atoms with Crippen molar-refractivity contribution in [2.75, 3.05) is 0 Å².